The van der Waals surface area contributed by atoms with E-state index in [1.807, 2.05) is 30.3 Å². The number of thiazole rings is 1. The molecular weight excluding hydrogens is 522 g/mol. The third-order valence-electron chi connectivity index (χ3n) is 6.89. The van der Waals surface area contributed by atoms with Crippen LogP contribution >= 0.6 is 11.3 Å². The highest BCUT2D eigenvalue weighted by atomic mass is 32.1. The van der Waals surface area contributed by atoms with E-state index in [2.05, 4.69) is 15.2 Å². The third kappa shape index (κ3) is 6.08. The topological polar surface area (TPSA) is 74.8 Å². The average molecular weight is 553 g/mol. The minimum absolute atomic E-state index is 0.169. The Kier molecular flexibility index (Phi) is 8.15. The molecule has 3 aromatic rings. The van der Waals surface area contributed by atoms with E-state index >= 15 is 8.78 Å². The second-order valence-electron chi connectivity index (χ2n) is 9.53. The molecule has 2 aliphatic heterocycles. The number of halogens is 2. The van der Waals surface area contributed by atoms with E-state index in [1.54, 1.807) is 25.1 Å². The van der Waals surface area contributed by atoms with Crippen molar-refractivity contribution in [3.05, 3.63) is 76.8 Å². The van der Waals surface area contributed by atoms with Crippen molar-refractivity contribution in [3.8, 4) is 10.6 Å². The van der Waals surface area contributed by atoms with Crippen molar-refractivity contribution >= 4 is 34.4 Å². The summed E-state index contributed by atoms with van der Waals surface area (Å²) in [6.45, 7) is 5.35. The highest BCUT2D eigenvalue weighted by molar-refractivity contribution is 7.17. The van der Waals surface area contributed by atoms with Crippen LogP contribution in [0.1, 0.15) is 27.3 Å². The van der Waals surface area contributed by atoms with E-state index in [0.29, 0.717) is 47.6 Å². The number of rotatable bonds is 6. The zero-order valence-corrected chi connectivity index (χ0v) is 22.5. The summed E-state index contributed by atoms with van der Waals surface area (Å²) < 4.78 is 36.3. The first-order chi connectivity index (χ1) is 18.8. The number of nitrogens with one attached hydrogen (secondary N) is 1. The average Bonchev–Trinajstić information content (AvgIpc) is 3.30. The van der Waals surface area contributed by atoms with Gasteiger partial charge in [-0.3, -0.25) is 14.5 Å². The molecule has 0 radical (unpaired) electrons. The molecule has 3 heterocycles. The molecule has 2 amide bonds. The van der Waals surface area contributed by atoms with E-state index in [-0.39, 0.29) is 23.6 Å². The monoisotopic (exact) mass is 552 g/mol. The lowest BCUT2D eigenvalue weighted by Crippen LogP contribution is -2.41. The fourth-order valence-electron chi connectivity index (χ4n) is 4.80. The lowest BCUT2D eigenvalue weighted by Gasteiger charge is -2.26. The number of alkyl halides is 2. The normalized spacial score (nSPS) is 18.4. The maximum Gasteiger partial charge on any atom is 0.275 e. The van der Waals surface area contributed by atoms with Crippen LogP contribution in [0.3, 0.4) is 0 Å². The van der Waals surface area contributed by atoms with Gasteiger partial charge in [-0.1, -0.05) is 48.5 Å². The molecule has 1 N–H and O–H groups in total. The number of fused-ring (bicyclic) bond motifs is 1. The van der Waals surface area contributed by atoms with E-state index in [0.717, 1.165) is 24.7 Å². The maximum atomic E-state index is 15.5. The SMILES string of the molecule is Cc1nc(-c2ccccc2)sc1C(=O)N1CCC(F)(F)/C(=C/C(=O)NCCN2CCOCC2)c2ccccc21. The summed E-state index contributed by atoms with van der Waals surface area (Å²) >= 11 is 1.25. The van der Waals surface area contributed by atoms with Gasteiger partial charge in [0.2, 0.25) is 5.91 Å². The van der Waals surface area contributed by atoms with E-state index in [1.165, 1.54) is 22.3 Å². The van der Waals surface area contributed by atoms with Gasteiger partial charge in [-0.2, -0.15) is 0 Å². The molecule has 10 heteroatoms. The summed E-state index contributed by atoms with van der Waals surface area (Å²) in [5.41, 5.74) is 1.57. The van der Waals surface area contributed by atoms with Gasteiger partial charge in [-0.15, -0.1) is 11.3 Å². The number of morpholine rings is 1. The van der Waals surface area contributed by atoms with Gasteiger partial charge in [-0.05, 0) is 13.0 Å². The summed E-state index contributed by atoms with van der Waals surface area (Å²) in [4.78, 5) is 35.0. The molecule has 1 fully saturated rings. The molecule has 0 saturated carbocycles. The Balaban J connectivity index is 1.40. The number of anilines is 1. The number of hydrogen-bond acceptors (Lipinski definition) is 6. The largest absolute Gasteiger partial charge is 0.379 e. The summed E-state index contributed by atoms with van der Waals surface area (Å²) in [5, 5.41) is 3.43. The van der Waals surface area contributed by atoms with Crippen LogP contribution in [0.4, 0.5) is 14.5 Å². The number of carbonyl (C=O) groups excluding carboxylic acids is 2. The predicted octanol–water partition coefficient (Wildman–Crippen LogP) is 4.64. The number of benzene rings is 2. The minimum Gasteiger partial charge on any atom is -0.379 e. The number of amides is 2. The number of aryl methyl sites for hydroxylation is 1. The van der Waals surface area contributed by atoms with Gasteiger partial charge in [0, 0.05) is 61.9 Å². The molecular formula is C29H30F2N4O3S. The highest BCUT2D eigenvalue weighted by Gasteiger charge is 2.41. The molecule has 0 bridgehead atoms. The zero-order valence-electron chi connectivity index (χ0n) is 21.7. The van der Waals surface area contributed by atoms with Gasteiger partial charge in [-0.25, -0.2) is 13.8 Å². The van der Waals surface area contributed by atoms with Crippen LogP contribution in [0.15, 0.2) is 60.7 Å². The smallest absolute Gasteiger partial charge is 0.275 e. The van der Waals surface area contributed by atoms with Gasteiger partial charge >= 0.3 is 0 Å². The van der Waals surface area contributed by atoms with Gasteiger partial charge in [0.15, 0.2) is 0 Å². The third-order valence-corrected chi connectivity index (χ3v) is 8.09. The number of ether oxygens (including phenoxy) is 1. The van der Waals surface area contributed by atoms with Crippen molar-refractivity contribution in [2.24, 2.45) is 0 Å². The summed E-state index contributed by atoms with van der Waals surface area (Å²) in [7, 11) is 0. The van der Waals surface area contributed by atoms with Crippen molar-refractivity contribution in [3.63, 3.8) is 0 Å². The van der Waals surface area contributed by atoms with Crippen LogP contribution in [-0.4, -0.2) is 73.6 Å². The first-order valence-electron chi connectivity index (χ1n) is 13.0. The number of carbonyl (C=O) groups is 2. The molecule has 0 aliphatic carbocycles. The maximum absolute atomic E-state index is 15.5. The molecule has 2 aromatic carbocycles. The van der Waals surface area contributed by atoms with E-state index < -0.39 is 18.3 Å². The first kappa shape index (κ1) is 27.1. The van der Waals surface area contributed by atoms with Gasteiger partial charge in [0.25, 0.3) is 11.8 Å². The van der Waals surface area contributed by atoms with Crippen LogP contribution in [0.2, 0.25) is 0 Å². The lowest BCUT2D eigenvalue weighted by atomic mass is 9.97. The molecule has 2 aliphatic rings. The predicted molar refractivity (Wildman–Crippen MR) is 148 cm³/mol. The van der Waals surface area contributed by atoms with Gasteiger partial charge in [0.1, 0.15) is 9.88 Å². The summed E-state index contributed by atoms with van der Waals surface area (Å²) in [6.07, 6.45) is 0.376. The number of nitrogens with zero attached hydrogens (tertiary/aromatic N) is 3. The molecule has 1 aromatic heterocycles. The van der Waals surface area contributed by atoms with E-state index in [9.17, 15) is 9.59 Å². The molecule has 0 atom stereocenters. The van der Waals surface area contributed by atoms with Crippen LogP contribution in [0.5, 0.6) is 0 Å². The molecule has 39 heavy (non-hydrogen) atoms. The first-order valence-corrected chi connectivity index (χ1v) is 13.8. The van der Waals surface area contributed by atoms with E-state index in [4.69, 9.17) is 4.74 Å². The standard InChI is InChI=1S/C29H30F2N4O3S/c1-20-26(39-27(33-20)21-7-3-2-4-8-21)28(37)35-13-11-29(30,31)23(22-9-5-6-10-24(22)35)19-25(36)32-12-14-34-15-17-38-18-16-34/h2-10,19H,11-18H2,1H3,(H,32,36)/b23-19+. The van der Waals surface area contributed by atoms with Crippen molar-refractivity contribution in [1.29, 1.82) is 0 Å². The fourth-order valence-corrected chi connectivity index (χ4v) is 5.82. The molecule has 204 valence electrons. The van der Waals surface area contributed by atoms with Gasteiger partial charge < -0.3 is 15.0 Å². The number of aromatic nitrogens is 1. The highest BCUT2D eigenvalue weighted by Crippen LogP contribution is 2.43. The molecule has 5 rings (SSSR count). The van der Waals surface area contributed by atoms with Crippen LogP contribution < -0.4 is 10.2 Å². The Bertz CT molecular complexity index is 1370. The Morgan fingerprint density at radius 3 is 2.56 bits per heavy atom. The van der Waals surface area contributed by atoms with Crippen molar-refractivity contribution in [1.82, 2.24) is 15.2 Å². The van der Waals surface area contributed by atoms with Gasteiger partial charge in [0.05, 0.1) is 24.6 Å². The van der Waals surface area contributed by atoms with Crippen LogP contribution in [-0.2, 0) is 9.53 Å². The summed E-state index contributed by atoms with van der Waals surface area (Å²) in [6, 6.07) is 16.1. The fraction of sp³-hybridized carbons (Fsp3) is 0.345. The second-order valence-corrected chi connectivity index (χ2v) is 10.5. The molecule has 0 unspecified atom stereocenters. The van der Waals surface area contributed by atoms with Crippen molar-refractivity contribution in [2.75, 3.05) is 50.8 Å². The van der Waals surface area contributed by atoms with Crippen LogP contribution in [0, 0.1) is 6.92 Å². The molecule has 0 spiro atoms. The number of allylic oxidation sites excluding steroid dienone is 1. The minimum atomic E-state index is -3.30. The summed E-state index contributed by atoms with van der Waals surface area (Å²) in [5.74, 6) is -4.27. The Morgan fingerprint density at radius 2 is 1.79 bits per heavy atom. The van der Waals surface area contributed by atoms with Crippen molar-refractivity contribution < 1.29 is 23.1 Å². The Labute approximate surface area is 230 Å². The lowest BCUT2D eigenvalue weighted by molar-refractivity contribution is -0.116. The second kappa shape index (κ2) is 11.7. The Morgan fingerprint density at radius 1 is 1.08 bits per heavy atom. The Hall–Kier alpha value is -3.47. The number of hydrogen-bond donors (Lipinski definition) is 1. The zero-order chi connectivity index (χ0) is 27.4. The molecule has 1 saturated heterocycles. The van der Waals surface area contributed by atoms with Crippen molar-refractivity contribution in [2.45, 2.75) is 19.3 Å². The van der Waals surface area contributed by atoms with Crippen LogP contribution in [0.25, 0.3) is 16.1 Å². The molecule has 7 nitrogen and oxygen atoms in total. The quantitative estimate of drug-likeness (QED) is 0.451. The number of para-hydroxylation sites is 1.